The van der Waals surface area contributed by atoms with Crippen LogP contribution < -0.4 is 11.0 Å². The predicted octanol–water partition coefficient (Wildman–Crippen LogP) is 5.62. The number of amides is 1. The van der Waals surface area contributed by atoms with E-state index in [9.17, 15) is 24.9 Å². The molecule has 1 fully saturated rings. The molecule has 1 amide bonds. The maximum Gasteiger partial charge on any atom is 0.351 e. The van der Waals surface area contributed by atoms with Crippen LogP contribution in [0.1, 0.15) is 143 Å². The van der Waals surface area contributed by atoms with Crippen molar-refractivity contribution in [1.29, 1.82) is 0 Å². The van der Waals surface area contributed by atoms with Crippen LogP contribution in [0.5, 0.6) is 0 Å². The average molecular weight is 567 g/mol. The third-order valence-electron chi connectivity index (χ3n) is 7.73. The molecule has 1 aliphatic heterocycles. The Hall–Kier alpha value is -1.81. The molecule has 1 saturated heterocycles. The number of hydrogen-bond donors (Lipinski definition) is 4. The molecule has 9 heteroatoms. The van der Waals surface area contributed by atoms with E-state index in [2.05, 4.69) is 17.2 Å². The van der Waals surface area contributed by atoms with Gasteiger partial charge >= 0.3 is 5.69 Å². The Morgan fingerprint density at radius 3 is 1.85 bits per heavy atom. The summed E-state index contributed by atoms with van der Waals surface area (Å²) >= 11 is 0. The Balaban J connectivity index is 1.48. The molecule has 230 valence electrons. The van der Waals surface area contributed by atoms with Crippen molar-refractivity contribution in [3.8, 4) is 0 Å². The van der Waals surface area contributed by atoms with E-state index >= 15 is 0 Å². The minimum Gasteiger partial charge on any atom is -0.394 e. The van der Waals surface area contributed by atoms with Gasteiger partial charge < -0.3 is 25.4 Å². The van der Waals surface area contributed by atoms with Gasteiger partial charge in [0, 0.05) is 14.0 Å². The van der Waals surface area contributed by atoms with Crippen molar-refractivity contribution in [2.45, 2.75) is 160 Å². The second-order valence-electron chi connectivity index (χ2n) is 11.2. The zero-order chi connectivity index (χ0) is 29.9. The summed E-state index contributed by atoms with van der Waals surface area (Å²) in [6.07, 6.45) is 18.8. The van der Waals surface area contributed by atoms with E-state index in [1.54, 1.807) is 0 Å². The number of carbonyl (C=O) groups excluding carboxylic acids is 1. The number of hydrogen-bond acceptors (Lipinski definition) is 7. The fraction of sp³-hybridized carbons (Fsp3) is 0.839. The molecule has 0 aliphatic carbocycles. The summed E-state index contributed by atoms with van der Waals surface area (Å²) in [4.78, 5) is 28.5. The van der Waals surface area contributed by atoms with E-state index in [4.69, 9.17) is 6.11 Å². The first-order chi connectivity index (χ1) is 19.9. The van der Waals surface area contributed by atoms with E-state index in [1.807, 2.05) is 0 Å². The Morgan fingerprint density at radius 2 is 1.40 bits per heavy atom. The van der Waals surface area contributed by atoms with E-state index in [0.717, 1.165) is 17.4 Å². The van der Waals surface area contributed by atoms with Gasteiger partial charge in [0.25, 0.3) is 0 Å². The lowest BCUT2D eigenvalue weighted by atomic mass is 10.0. The summed E-state index contributed by atoms with van der Waals surface area (Å²) in [5.41, 5.74) is -0.774. The molecule has 1 aliphatic rings. The molecule has 4 N–H and O–H groups in total. The van der Waals surface area contributed by atoms with E-state index in [-0.39, 0.29) is 18.1 Å². The van der Waals surface area contributed by atoms with Crippen LogP contribution in [-0.2, 0) is 9.53 Å². The van der Waals surface area contributed by atoms with Gasteiger partial charge in [-0.05, 0) is 12.5 Å². The first-order valence-electron chi connectivity index (χ1n) is 16.4. The number of nitrogens with zero attached hydrogens (tertiary/aromatic N) is 2. The second-order valence-corrected chi connectivity index (χ2v) is 11.2. The lowest BCUT2D eigenvalue weighted by molar-refractivity contribution is -0.116. The highest BCUT2D eigenvalue weighted by molar-refractivity contribution is 5.89. The molecule has 0 bridgehead atoms. The largest absolute Gasteiger partial charge is 0.394 e. The van der Waals surface area contributed by atoms with Crippen LogP contribution in [0, 0.1) is 0 Å². The number of unbranched alkanes of at least 4 members (excludes halogenated alkanes) is 16. The zero-order valence-corrected chi connectivity index (χ0v) is 24.6. The Labute approximate surface area is 242 Å². The highest BCUT2D eigenvalue weighted by Gasteiger charge is 2.43. The van der Waals surface area contributed by atoms with Crippen molar-refractivity contribution in [2.24, 2.45) is 0 Å². The van der Waals surface area contributed by atoms with E-state index in [1.165, 1.54) is 109 Å². The number of carbonyl (C=O) groups is 1. The van der Waals surface area contributed by atoms with Gasteiger partial charge in [-0.15, -0.1) is 0 Å². The van der Waals surface area contributed by atoms with Crippen molar-refractivity contribution < 1.29 is 26.2 Å². The molecule has 0 radical (unpaired) electrons. The van der Waals surface area contributed by atoms with Gasteiger partial charge in [0.05, 0.1) is 6.61 Å². The lowest BCUT2D eigenvalue weighted by Gasteiger charge is -2.17. The Bertz CT molecular complexity index is 901. The van der Waals surface area contributed by atoms with Gasteiger partial charge in [0.15, 0.2) is 6.23 Å². The molecule has 2 rings (SSSR count). The molecule has 0 spiro atoms. The molecule has 5 atom stereocenters. The number of aliphatic hydroxyl groups excluding tert-OH is 3. The smallest absolute Gasteiger partial charge is 0.351 e. The topological polar surface area (TPSA) is 134 Å². The lowest BCUT2D eigenvalue weighted by Crippen LogP contribution is -2.36. The van der Waals surface area contributed by atoms with Crippen LogP contribution in [0.15, 0.2) is 17.1 Å². The Kier molecular flexibility index (Phi) is 17.1. The number of ether oxygens (including phenoxy) is 1. The minimum atomic E-state index is -1.40. The van der Waals surface area contributed by atoms with Gasteiger partial charge in [-0.2, -0.15) is 4.98 Å². The van der Waals surface area contributed by atoms with Crippen LogP contribution in [0.25, 0.3) is 0 Å². The SMILES string of the molecule is [2H]C(CCCCCCCCCCCCCCCCCCC)CC(=O)Nc1ccn(C2O[C@H](CO)[C@@H](O)[C@@H]2O)c(=O)n1. The second kappa shape index (κ2) is 21.0. The molecule has 1 aromatic heterocycles. The van der Waals surface area contributed by atoms with Gasteiger partial charge in [0.1, 0.15) is 24.1 Å². The zero-order valence-electron chi connectivity index (χ0n) is 25.6. The quantitative estimate of drug-likeness (QED) is 0.126. The number of aromatic nitrogens is 2. The summed E-state index contributed by atoms with van der Waals surface area (Å²) < 4.78 is 14.5. The first kappa shape index (κ1) is 32.7. The minimum absolute atomic E-state index is 0.0262. The predicted molar refractivity (Wildman–Crippen MR) is 158 cm³/mol. The summed E-state index contributed by atoms with van der Waals surface area (Å²) in [5.74, 6) is -0.331. The monoisotopic (exact) mass is 566 g/mol. The van der Waals surface area contributed by atoms with Crippen molar-refractivity contribution in [3.05, 3.63) is 22.7 Å². The standard InChI is InChI=1S/C31H55N3O6/c1-2-3-4-5-6-7-8-9-10-11-12-13-14-15-16-17-18-19-20-21-27(36)32-26-22-23-34(31(39)33-26)30-29(38)28(37)25(24-35)40-30/h22-23,25,28-30,35,37-38H,2-21,24H2,1H3,(H,32,33,36,39)/t25-,28-,29+,30?/m1/s1/i20D/t20?,25-,28-,29+,30?. The molecular formula is C31H55N3O6. The third-order valence-corrected chi connectivity index (χ3v) is 7.73. The molecule has 0 saturated carbocycles. The van der Waals surface area contributed by atoms with Gasteiger partial charge in [-0.3, -0.25) is 9.36 Å². The fourth-order valence-electron chi connectivity index (χ4n) is 5.23. The first-order valence-corrected chi connectivity index (χ1v) is 15.8. The molecule has 40 heavy (non-hydrogen) atoms. The molecule has 2 unspecified atom stereocenters. The highest BCUT2D eigenvalue weighted by atomic mass is 16.6. The summed E-state index contributed by atoms with van der Waals surface area (Å²) in [7, 11) is 0. The van der Waals surface area contributed by atoms with E-state index < -0.39 is 43.2 Å². The van der Waals surface area contributed by atoms with Crippen molar-refractivity contribution >= 4 is 11.7 Å². The van der Waals surface area contributed by atoms with E-state index in [0.29, 0.717) is 6.42 Å². The normalized spacial score (nSPS) is 21.9. The summed E-state index contributed by atoms with van der Waals surface area (Å²) in [5, 5.41) is 31.8. The Morgan fingerprint density at radius 1 is 0.900 bits per heavy atom. The number of rotatable bonds is 23. The van der Waals surface area contributed by atoms with Gasteiger partial charge in [0.2, 0.25) is 5.91 Å². The highest BCUT2D eigenvalue weighted by Crippen LogP contribution is 2.28. The molecular weight excluding hydrogens is 510 g/mol. The maximum atomic E-state index is 12.4. The van der Waals surface area contributed by atoms with Gasteiger partial charge in [-0.1, -0.05) is 122 Å². The van der Waals surface area contributed by atoms with Gasteiger partial charge in [-0.25, -0.2) is 4.79 Å². The van der Waals surface area contributed by atoms with Crippen LogP contribution in [0.3, 0.4) is 0 Å². The van der Waals surface area contributed by atoms with Crippen LogP contribution in [0.2, 0.25) is 0 Å². The number of aliphatic hydroxyl groups is 3. The number of nitrogens with one attached hydrogen (secondary N) is 1. The van der Waals surface area contributed by atoms with Crippen LogP contribution >= 0.6 is 0 Å². The molecule has 2 heterocycles. The molecule has 9 nitrogen and oxygen atoms in total. The molecule has 0 aromatic carbocycles. The third kappa shape index (κ3) is 13.2. The van der Waals surface area contributed by atoms with Crippen LogP contribution in [-0.4, -0.2) is 55.7 Å². The van der Waals surface area contributed by atoms with Crippen molar-refractivity contribution in [3.63, 3.8) is 0 Å². The number of anilines is 1. The summed E-state index contributed by atoms with van der Waals surface area (Å²) in [6, 6.07) is 1.39. The van der Waals surface area contributed by atoms with Crippen LogP contribution in [0.4, 0.5) is 5.82 Å². The van der Waals surface area contributed by atoms with Crippen molar-refractivity contribution in [2.75, 3.05) is 11.9 Å². The molecule has 1 aromatic rings. The maximum absolute atomic E-state index is 12.4. The fourth-order valence-corrected chi connectivity index (χ4v) is 5.23. The summed E-state index contributed by atoms with van der Waals surface area (Å²) in [6.45, 7) is 1.76. The van der Waals surface area contributed by atoms with Crippen molar-refractivity contribution in [1.82, 2.24) is 9.55 Å². The average Bonchev–Trinajstić information content (AvgIpc) is 3.23.